The number of aryl methyl sites for hydroxylation is 1. The van der Waals surface area contributed by atoms with Crippen LogP contribution in [0.5, 0.6) is 0 Å². The highest BCUT2D eigenvalue weighted by molar-refractivity contribution is 6.32. The van der Waals surface area contributed by atoms with Gasteiger partial charge in [0.15, 0.2) is 5.82 Å². The number of aromatic nitrogens is 3. The number of halogens is 4. The second-order valence-electron chi connectivity index (χ2n) is 5.86. The summed E-state index contributed by atoms with van der Waals surface area (Å²) in [7, 11) is 0. The highest BCUT2D eigenvalue weighted by Gasteiger charge is 2.30. The molecule has 0 aliphatic heterocycles. The van der Waals surface area contributed by atoms with E-state index in [9.17, 15) is 28.1 Å². The van der Waals surface area contributed by atoms with Crippen molar-refractivity contribution in [1.82, 2.24) is 14.8 Å². The van der Waals surface area contributed by atoms with Crippen LogP contribution >= 0.6 is 11.6 Å². The zero-order valence-corrected chi connectivity index (χ0v) is 15.3. The molecule has 0 fully saturated rings. The van der Waals surface area contributed by atoms with Crippen LogP contribution in [-0.2, 0) is 6.18 Å². The third-order valence-corrected chi connectivity index (χ3v) is 4.09. The minimum atomic E-state index is -4.54. The summed E-state index contributed by atoms with van der Waals surface area (Å²) in [4.78, 5) is 26.5. The van der Waals surface area contributed by atoms with E-state index in [1.54, 1.807) is 6.92 Å². The topological polar surface area (TPSA) is 103 Å². The molecule has 0 saturated carbocycles. The van der Waals surface area contributed by atoms with Crippen LogP contribution in [0, 0.1) is 17.0 Å². The number of carbonyl (C=O) groups is 1. The zero-order chi connectivity index (χ0) is 21.3. The van der Waals surface area contributed by atoms with Gasteiger partial charge < -0.3 is 5.32 Å². The maximum absolute atomic E-state index is 12.7. The van der Waals surface area contributed by atoms with Gasteiger partial charge >= 0.3 is 6.18 Å². The third-order valence-electron chi connectivity index (χ3n) is 3.77. The quantitative estimate of drug-likeness (QED) is 0.492. The lowest BCUT2D eigenvalue weighted by Crippen LogP contribution is -2.16. The lowest BCUT2D eigenvalue weighted by molar-refractivity contribution is -0.384. The Hall–Kier alpha value is -3.47. The predicted molar refractivity (Wildman–Crippen MR) is 97.2 cm³/mol. The van der Waals surface area contributed by atoms with Gasteiger partial charge in [-0.3, -0.25) is 14.9 Å². The number of rotatable bonds is 4. The second-order valence-corrected chi connectivity index (χ2v) is 6.27. The van der Waals surface area contributed by atoms with Crippen LogP contribution in [0.2, 0.25) is 5.02 Å². The zero-order valence-electron chi connectivity index (χ0n) is 14.6. The summed E-state index contributed by atoms with van der Waals surface area (Å²) in [6.45, 7) is 1.61. The molecular weight excluding hydrogens is 415 g/mol. The molecule has 0 spiro atoms. The number of nitrogens with zero attached hydrogens (tertiary/aromatic N) is 4. The Balaban J connectivity index is 1.91. The lowest BCUT2D eigenvalue weighted by Gasteiger charge is -2.10. The molecule has 0 atom stereocenters. The van der Waals surface area contributed by atoms with E-state index in [-0.39, 0.29) is 22.2 Å². The molecule has 3 rings (SSSR count). The lowest BCUT2D eigenvalue weighted by atomic mass is 10.2. The van der Waals surface area contributed by atoms with Gasteiger partial charge in [-0.1, -0.05) is 11.6 Å². The Kier molecular flexibility index (Phi) is 5.25. The Morgan fingerprint density at radius 3 is 2.55 bits per heavy atom. The minimum Gasteiger partial charge on any atom is -0.306 e. The van der Waals surface area contributed by atoms with Crippen LogP contribution in [0.25, 0.3) is 5.82 Å². The van der Waals surface area contributed by atoms with Gasteiger partial charge in [0.25, 0.3) is 11.6 Å². The molecule has 2 aromatic heterocycles. The molecule has 0 radical (unpaired) electrons. The van der Waals surface area contributed by atoms with E-state index in [0.29, 0.717) is 11.9 Å². The third kappa shape index (κ3) is 4.35. The summed E-state index contributed by atoms with van der Waals surface area (Å²) in [5.74, 6) is -0.529. The van der Waals surface area contributed by atoms with Crippen LogP contribution in [0.1, 0.15) is 21.6 Å². The van der Waals surface area contributed by atoms with Gasteiger partial charge in [0.2, 0.25) is 0 Å². The number of nitro benzene ring substituents is 1. The maximum Gasteiger partial charge on any atom is 0.417 e. The largest absolute Gasteiger partial charge is 0.417 e. The molecule has 29 heavy (non-hydrogen) atoms. The molecule has 8 nitrogen and oxygen atoms in total. The number of amides is 1. The van der Waals surface area contributed by atoms with Gasteiger partial charge in [0.05, 0.1) is 16.2 Å². The van der Waals surface area contributed by atoms with Crippen molar-refractivity contribution in [2.75, 3.05) is 5.32 Å². The molecular formula is C17H11ClF3N5O3. The molecule has 0 aliphatic rings. The average molecular weight is 426 g/mol. The summed E-state index contributed by atoms with van der Waals surface area (Å²) in [5, 5.41) is 17.5. The van der Waals surface area contributed by atoms with E-state index >= 15 is 0 Å². The number of nitro groups is 1. The molecule has 0 aliphatic carbocycles. The number of hydrogen-bond acceptors (Lipinski definition) is 5. The molecule has 1 N–H and O–H groups in total. The molecule has 12 heteroatoms. The van der Waals surface area contributed by atoms with Gasteiger partial charge in [0.1, 0.15) is 10.8 Å². The van der Waals surface area contributed by atoms with Crippen molar-refractivity contribution in [1.29, 1.82) is 0 Å². The number of benzene rings is 1. The van der Waals surface area contributed by atoms with E-state index in [4.69, 9.17) is 11.6 Å². The van der Waals surface area contributed by atoms with Crippen molar-refractivity contribution in [3.63, 3.8) is 0 Å². The van der Waals surface area contributed by atoms with Crippen LogP contribution in [0.4, 0.5) is 24.7 Å². The van der Waals surface area contributed by atoms with Crippen molar-refractivity contribution >= 4 is 29.0 Å². The molecule has 0 saturated heterocycles. The van der Waals surface area contributed by atoms with Crippen LogP contribution in [0.3, 0.4) is 0 Å². The van der Waals surface area contributed by atoms with E-state index in [1.807, 2.05) is 0 Å². The van der Waals surface area contributed by atoms with E-state index < -0.39 is 28.3 Å². The summed E-state index contributed by atoms with van der Waals surface area (Å²) < 4.78 is 39.3. The average Bonchev–Trinajstić information content (AvgIpc) is 3.01. The summed E-state index contributed by atoms with van der Waals surface area (Å²) >= 11 is 5.73. The molecule has 0 unspecified atom stereocenters. The van der Waals surface area contributed by atoms with Crippen LogP contribution in [0.15, 0.2) is 42.6 Å². The van der Waals surface area contributed by atoms with Crippen LogP contribution < -0.4 is 5.32 Å². The van der Waals surface area contributed by atoms with Crippen molar-refractivity contribution in [3.8, 4) is 5.82 Å². The number of hydrogen-bond donors (Lipinski definition) is 1. The number of nitrogens with one attached hydrogen (secondary N) is 1. The summed E-state index contributed by atoms with van der Waals surface area (Å²) in [5.41, 5.74) is -0.937. The normalized spacial score (nSPS) is 11.3. The van der Waals surface area contributed by atoms with Crippen LogP contribution in [-0.4, -0.2) is 25.6 Å². The van der Waals surface area contributed by atoms with E-state index in [0.717, 1.165) is 22.9 Å². The van der Waals surface area contributed by atoms with Crippen molar-refractivity contribution in [2.45, 2.75) is 13.1 Å². The van der Waals surface area contributed by atoms with Gasteiger partial charge in [-0.25, -0.2) is 4.98 Å². The first kappa shape index (κ1) is 20.3. The SMILES string of the molecule is Cc1cc(NC(=O)c2ccc(Cl)c([N+](=O)[O-])c2)n(-c2ccc(C(F)(F)F)cn2)n1. The summed E-state index contributed by atoms with van der Waals surface area (Å²) in [6.07, 6.45) is -3.88. The van der Waals surface area contributed by atoms with Gasteiger partial charge in [-0.15, -0.1) is 0 Å². The Labute approximate surface area is 166 Å². The Morgan fingerprint density at radius 1 is 1.24 bits per heavy atom. The number of alkyl halides is 3. The first-order valence-corrected chi connectivity index (χ1v) is 8.29. The molecule has 1 amide bonds. The molecule has 1 aromatic carbocycles. The van der Waals surface area contributed by atoms with E-state index in [2.05, 4.69) is 15.4 Å². The van der Waals surface area contributed by atoms with E-state index in [1.165, 1.54) is 18.2 Å². The fourth-order valence-electron chi connectivity index (χ4n) is 2.42. The minimum absolute atomic E-state index is 0.0353. The smallest absolute Gasteiger partial charge is 0.306 e. The van der Waals surface area contributed by atoms with Gasteiger partial charge in [-0.2, -0.15) is 23.0 Å². The number of pyridine rings is 1. The molecule has 3 aromatic rings. The first-order valence-electron chi connectivity index (χ1n) is 7.92. The fourth-order valence-corrected chi connectivity index (χ4v) is 2.61. The van der Waals surface area contributed by atoms with Crippen molar-refractivity contribution in [2.24, 2.45) is 0 Å². The predicted octanol–water partition coefficient (Wildman–Crippen LogP) is 4.41. The van der Waals surface area contributed by atoms with Gasteiger partial charge in [-0.05, 0) is 31.2 Å². The fraction of sp³-hybridized carbons (Fsp3) is 0.118. The number of anilines is 1. The maximum atomic E-state index is 12.7. The molecule has 0 bridgehead atoms. The highest BCUT2D eigenvalue weighted by Crippen LogP contribution is 2.29. The monoisotopic (exact) mass is 425 g/mol. The standard InChI is InChI=1S/C17H11ClF3N5O3/c1-9-6-15(23-16(27)10-2-4-12(18)13(7-10)26(28)29)25(24-9)14-5-3-11(8-22-14)17(19,20)21/h2-8H,1H3,(H,23,27). The highest BCUT2D eigenvalue weighted by atomic mass is 35.5. The Morgan fingerprint density at radius 2 is 1.97 bits per heavy atom. The van der Waals surface area contributed by atoms with Gasteiger partial charge in [0, 0.05) is 23.9 Å². The summed E-state index contributed by atoms with van der Waals surface area (Å²) in [6, 6.07) is 6.96. The van der Waals surface area contributed by atoms with Crippen molar-refractivity contribution in [3.05, 3.63) is 74.6 Å². The Bertz CT molecular complexity index is 1100. The van der Waals surface area contributed by atoms with Crippen molar-refractivity contribution < 1.29 is 22.9 Å². The number of carbonyl (C=O) groups excluding carboxylic acids is 1. The molecule has 150 valence electrons. The second kappa shape index (κ2) is 7.51. The molecule has 2 heterocycles. The first-order chi connectivity index (χ1) is 13.6.